The van der Waals surface area contributed by atoms with E-state index < -0.39 is 0 Å². The Morgan fingerprint density at radius 2 is 2.33 bits per heavy atom. The fraction of sp³-hybridized carbons (Fsp3) is 1.00. The second-order valence-corrected chi connectivity index (χ2v) is 0.620. The van der Waals surface area contributed by atoms with Crippen LogP contribution in [-0.2, 0) is 4.84 Å². The third-order valence-electron chi connectivity index (χ3n) is 0.319. The molecular formula is C2H6N2O2. The van der Waals surface area contributed by atoms with Crippen LogP contribution in [0.25, 0.3) is 0 Å². The van der Waals surface area contributed by atoms with Crippen LogP contribution in [0, 0.1) is 5.21 Å². The lowest BCUT2D eigenvalue weighted by molar-refractivity contribution is -0.782. The lowest BCUT2D eigenvalue weighted by Crippen LogP contribution is -1.94. The van der Waals surface area contributed by atoms with Gasteiger partial charge in [-0.1, -0.05) is 0 Å². The molecule has 6 heavy (non-hydrogen) atoms. The Morgan fingerprint density at radius 1 is 1.83 bits per heavy atom. The molecule has 0 aromatic rings. The van der Waals surface area contributed by atoms with Crippen LogP contribution in [0.5, 0.6) is 0 Å². The molecule has 0 amide bonds. The van der Waals surface area contributed by atoms with Crippen molar-refractivity contribution < 1.29 is 9.86 Å². The average molecular weight is 90.1 g/mol. The SMILES string of the molecule is CN=[N+]([O-])OC. The van der Waals surface area contributed by atoms with E-state index in [1.165, 1.54) is 14.2 Å². The summed E-state index contributed by atoms with van der Waals surface area (Å²) in [6.45, 7) is 0. The number of rotatable bonds is 1. The van der Waals surface area contributed by atoms with Crippen molar-refractivity contribution in [3.8, 4) is 0 Å². The van der Waals surface area contributed by atoms with Crippen molar-refractivity contribution in [1.82, 2.24) is 0 Å². The van der Waals surface area contributed by atoms with Gasteiger partial charge in [0.25, 0.3) is 0 Å². The first-order valence-electron chi connectivity index (χ1n) is 1.42. The van der Waals surface area contributed by atoms with E-state index in [1.54, 1.807) is 0 Å². The molecule has 0 atom stereocenters. The first kappa shape index (κ1) is 5.20. The maximum Gasteiger partial charge on any atom is 0.168 e. The van der Waals surface area contributed by atoms with E-state index in [-0.39, 0.29) is 5.02 Å². The Hall–Kier alpha value is -0.800. The molecule has 4 heteroatoms. The van der Waals surface area contributed by atoms with E-state index in [2.05, 4.69) is 9.95 Å². The van der Waals surface area contributed by atoms with E-state index in [0.717, 1.165) is 0 Å². The summed E-state index contributed by atoms with van der Waals surface area (Å²) in [6.07, 6.45) is 0. The molecule has 0 saturated heterocycles. The van der Waals surface area contributed by atoms with Crippen LogP contribution in [0.15, 0.2) is 5.11 Å². The van der Waals surface area contributed by atoms with E-state index in [0.29, 0.717) is 0 Å². The Kier molecular flexibility index (Phi) is 2.11. The second kappa shape index (κ2) is 2.44. The Balaban J connectivity index is 3.22. The van der Waals surface area contributed by atoms with Crippen LogP contribution in [0.1, 0.15) is 0 Å². The number of nitrogens with zero attached hydrogens (tertiary/aromatic N) is 2. The zero-order valence-corrected chi connectivity index (χ0v) is 3.71. The molecule has 0 aromatic carbocycles. The Morgan fingerprint density at radius 3 is 2.33 bits per heavy atom. The third-order valence-corrected chi connectivity index (χ3v) is 0.319. The summed E-state index contributed by atoms with van der Waals surface area (Å²) in [7, 11) is 2.59. The van der Waals surface area contributed by atoms with Gasteiger partial charge in [0.05, 0.1) is 7.05 Å². The van der Waals surface area contributed by atoms with Gasteiger partial charge < -0.3 is 4.84 Å². The van der Waals surface area contributed by atoms with Crippen LogP contribution >= 0.6 is 0 Å². The minimum absolute atomic E-state index is 0.125. The molecule has 0 unspecified atom stereocenters. The molecule has 0 aliphatic carbocycles. The predicted octanol–water partition coefficient (Wildman–Crippen LogP) is 0.140. The van der Waals surface area contributed by atoms with Gasteiger partial charge in [0, 0.05) is 12.2 Å². The average Bonchev–Trinajstić information content (AvgIpc) is 1.65. The molecule has 0 spiro atoms. The normalized spacial score (nSPS) is 11.3. The Bertz CT molecular complexity index is 60.6. The molecule has 36 valence electrons. The van der Waals surface area contributed by atoms with Gasteiger partial charge in [-0.15, -0.1) is 0 Å². The molecule has 0 N–H and O–H groups in total. The van der Waals surface area contributed by atoms with Gasteiger partial charge in [-0.3, -0.25) is 0 Å². The van der Waals surface area contributed by atoms with Crippen molar-refractivity contribution in [3.05, 3.63) is 5.21 Å². The van der Waals surface area contributed by atoms with Gasteiger partial charge in [-0.05, 0) is 0 Å². The maximum atomic E-state index is 9.71. The second-order valence-electron chi connectivity index (χ2n) is 0.620. The standard InChI is InChI=1S/C2H6N2O2/c1-3-4(5)6-2/h1-2H3. The molecular weight excluding hydrogens is 84.0 g/mol. The molecule has 4 nitrogen and oxygen atoms in total. The van der Waals surface area contributed by atoms with Crippen molar-refractivity contribution in [2.45, 2.75) is 0 Å². The van der Waals surface area contributed by atoms with E-state index in [1.807, 2.05) is 0 Å². The first-order chi connectivity index (χ1) is 2.81. The van der Waals surface area contributed by atoms with Gasteiger partial charge in [-0.25, -0.2) is 5.21 Å². The Labute approximate surface area is 35.6 Å². The molecule has 0 fully saturated rings. The molecule has 0 bridgehead atoms. The van der Waals surface area contributed by atoms with Crippen LogP contribution < -0.4 is 0 Å². The summed E-state index contributed by atoms with van der Waals surface area (Å²) in [5.41, 5.74) is 0. The molecule has 0 aliphatic rings. The molecule has 0 aromatic heterocycles. The van der Waals surface area contributed by atoms with Gasteiger partial charge in [0.15, 0.2) is 5.02 Å². The smallest absolute Gasteiger partial charge is 0.168 e. The van der Waals surface area contributed by atoms with Gasteiger partial charge >= 0.3 is 0 Å². The highest BCUT2D eigenvalue weighted by molar-refractivity contribution is 3.85. The van der Waals surface area contributed by atoms with Gasteiger partial charge in [0.1, 0.15) is 0 Å². The zero-order chi connectivity index (χ0) is 4.99. The van der Waals surface area contributed by atoms with Crippen LogP contribution in [0.3, 0.4) is 0 Å². The fourth-order valence-electron chi connectivity index (χ4n) is 0.0816. The van der Waals surface area contributed by atoms with Crippen molar-refractivity contribution in [2.24, 2.45) is 5.11 Å². The summed E-state index contributed by atoms with van der Waals surface area (Å²) in [5, 5.41) is 12.9. The molecule has 0 rings (SSSR count). The molecule has 0 saturated carbocycles. The predicted molar refractivity (Wildman–Crippen MR) is 19.0 cm³/mol. The summed E-state index contributed by atoms with van der Waals surface area (Å²) in [4.78, 5) is 4.01. The fourth-order valence-corrected chi connectivity index (χ4v) is 0.0816. The topological polar surface area (TPSA) is 47.7 Å². The minimum atomic E-state index is 0.125. The molecule has 0 heterocycles. The summed E-state index contributed by atoms with van der Waals surface area (Å²) in [6, 6.07) is 0. The highest BCUT2D eigenvalue weighted by Gasteiger charge is 1.76. The van der Waals surface area contributed by atoms with Crippen molar-refractivity contribution in [3.63, 3.8) is 0 Å². The van der Waals surface area contributed by atoms with Crippen molar-refractivity contribution in [1.29, 1.82) is 0 Å². The number of hydrogen-bond acceptors (Lipinski definition) is 3. The van der Waals surface area contributed by atoms with Gasteiger partial charge in [0.2, 0.25) is 0 Å². The minimum Gasteiger partial charge on any atom is -0.384 e. The largest absolute Gasteiger partial charge is 0.384 e. The maximum absolute atomic E-state index is 9.71. The number of hydrogen-bond donors (Lipinski definition) is 0. The lowest BCUT2D eigenvalue weighted by Gasteiger charge is -1.86. The highest BCUT2D eigenvalue weighted by atomic mass is 16.9. The highest BCUT2D eigenvalue weighted by Crippen LogP contribution is 1.66. The van der Waals surface area contributed by atoms with E-state index in [9.17, 15) is 5.21 Å². The third kappa shape index (κ3) is 1.51. The van der Waals surface area contributed by atoms with Crippen molar-refractivity contribution >= 4 is 0 Å². The zero-order valence-electron chi connectivity index (χ0n) is 3.71. The van der Waals surface area contributed by atoms with Gasteiger partial charge in [-0.2, -0.15) is 0 Å². The van der Waals surface area contributed by atoms with Crippen LogP contribution in [-0.4, -0.2) is 19.2 Å². The van der Waals surface area contributed by atoms with Crippen LogP contribution in [0.2, 0.25) is 0 Å². The van der Waals surface area contributed by atoms with Crippen molar-refractivity contribution in [2.75, 3.05) is 14.2 Å². The molecule has 0 radical (unpaired) electrons. The monoisotopic (exact) mass is 90.0 g/mol. The summed E-state index contributed by atoms with van der Waals surface area (Å²) >= 11 is 0. The van der Waals surface area contributed by atoms with E-state index >= 15 is 0 Å². The van der Waals surface area contributed by atoms with E-state index in [4.69, 9.17) is 0 Å². The summed E-state index contributed by atoms with van der Waals surface area (Å²) in [5.74, 6) is 0. The summed E-state index contributed by atoms with van der Waals surface area (Å²) < 4.78 is 0. The lowest BCUT2D eigenvalue weighted by atomic mass is 11.6. The molecule has 0 aliphatic heterocycles. The quantitative estimate of drug-likeness (QED) is 0.339. The van der Waals surface area contributed by atoms with Crippen LogP contribution in [0.4, 0.5) is 0 Å². The first-order valence-corrected chi connectivity index (χ1v) is 1.42.